The lowest BCUT2D eigenvalue weighted by atomic mass is 10.2. The molecule has 0 atom stereocenters. The second kappa shape index (κ2) is 5.80. The van der Waals surface area contributed by atoms with Crippen LogP contribution in [0.25, 0.3) is 5.69 Å². The highest BCUT2D eigenvalue weighted by molar-refractivity contribution is 6.04. The molecule has 2 heterocycles. The molecule has 2 N–H and O–H groups in total. The largest absolute Gasteiger partial charge is 0.476 e. The van der Waals surface area contributed by atoms with Crippen LogP contribution in [0, 0.1) is 0 Å². The number of hydrogen-bond donors (Lipinski definition) is 2. The Morgan fingerprint density at radius 1 is 1.09 bits per heavy atom. The van der Waals surface area contributed by atoms with Crippen molar-refractivity contribution in [3.63, 3.8) is 0 Å². The van der Waals surface area contributed by atoms with Gasteiger partial charge in [0, 0.05) is 19.4 Å². The van der Waals surface area contributed by atoms with Gasteiger partial charge in [0.2, 0.25) is 0 Å². The molecule has 0 aliphatic heterocycles. The molecule has 0 bridgehead atoms. The van der Waals surface area contributed by atoms with Crippen molar-refractivity contribution in [1.29, 1.82) is 0 Å². The second-order valence-corrected chi connectivity index (χ2v) is 4.93. The van der Waals surface area contributed by atoms with Gasteiger partial charge < -0.3 is 15.0 Å². The number of carboxylic acid groups (broad SMARTS) is 1. The number of carbonyl (C=O) groups is 2. The van der Waals surface area contributed by atoms with E-state index in [-0.39, 0.29) is 11.6 Å². The van der Waals surface area contributed by atoms with Crippen molar-refractivity contribution >= 4 is 17.6 Å². The second-order valence-electron chi connectivity index (χ2n) is 4.93. The van der Waals surface area contributed by atoms with Gasteiger partial charge in [0.05, 0.1) is 11.4 Å². The molecule has 0 unspecified atom stereocenters. The van der Waals surface area contributed by atoms with Gasteiger partial charge in [-0.05, 0) is 30.3 Å². The number of hydrogen-bond acceptors (Lipinski definition) is 3. The number of rotatable bonds is 4. The highest BCUT2D eigenvalue weighted by Crippen LogP contribution is 2.20. The minimum absolute atomic E-state index is 0.0615. The summed E-state index contributed by atoms with van der Waals surface area (Å²) < 4.78 is 3.14. The fourth-order valence-corrected chi connectivity index (χ4v) is 2.23. The van der Waals surface area contributed by atoms with E-state index >= 15 is 0 Å². The average molecular weight is 310 g/mol. The van der Waals surface area contributed by atoms with Gasteiger partial charge in [-0.15, -0.1) is 0 Å². The predicted octanol–water partition coefficient (Wildman–Crippen LogP) is 2.16. The lowest BCUT2D eigenvalue weighted by molar-refractivity contribution is 0.0689. The molecule has 0 spiro atoms. The molecular formula is C16H14N4O3. The SMILES string of the molecule is Cn1cccc1C(=O)Nc1ccccc1-n1ccc(C(=O)O)n1. The van der Waals surface area contributed by atoms with Crippen LogP contribution in [-0.4, -0.2) is 31.3 Å². The molecule has 0 fully saturated rings. The van der Waals surface area contributed by atoms with Gasteiger partial charge >= 0.3 is 5.97 Å². The first kappa shape index (κ1) is 14.6. The quantitative estimate of drug-likeness (QED) is 0.773. The Balaban J connectivity index is 1.93. The highest BCUT2D eigenvalue weighted by Gasteiger charge is 2.14. The van der Waals surface area contributed by atoms with Crippen molar-refractivity contribution in [2.24, 2.45) is 7.05 Å². The van der Waals surface area contributed by atoms with Crippen molar-refractivity contribution in [3.8, 4) is 5.69 Å². The van der Waals surface area contributed by atoms with Gasteiger partial charge in [-0.2, -0.15) is 5.10 Å². The summed E-state index contributed by atoms with van der Waals surface area (Å²) in [6, 6.07) is 12.0. The molecule has 0 radical (unpaired) electrons. The summed E-state index contributed by atoms with van der Waals surface area (Å²) in [5, 5.41) is 15.8. The molecule has 3 aromatic rings. The van der Waals surface area contributed by atoms with Crippen LogP contribution in [0.3, 0.4) is 0 Å². The number of carbonyl (C=O) groups excluding carboxylic acids is 1. The Hall–Kier alpha value is -3.35. The average Bonchev–Trinajstić information content (AvgIpc) is 3.16. The molecule has 7 heteroatoms. The maximum atomic E-state index is 12.3. The number of aromatic carboxylic acids is 1. The summed E-state index contributed by atoms with van der Waals surface area (Å²) in [4.78, 5) is 23.3. The zero-order valence-electron chi connectivity index (χ0n) is 12.3. The van der Waals surface area contributed by atoms with Gasteiger partial charge in [0.15, 0.2) is 5.69 Å². The molecule has 1 aromatic carbocycles. The minimum atomic E-state index is -1.10. The molecule has 0 aliphatic carbocycles. The first-order valence-electron chi connectivity index (χ1n) is 6.87. The highest BCUT2D eigenvalue weighted by atomic mass is 16.4. The molecular weight excluding hydrogens is 296 g/mol. The van der Waals surface area contributed by atoms with Crippen LogP contribution in [0.5, 0.6) is 0 Å². The molecule has 0 saturated carbocycles. The number of aryl methyl sites for hydroxylation is 1. The summed E-state index contributed by atoms with van der Waals surface area (Å²) >= 11 is 0. The number of benzene rings is 1. The van der Waals surface area contributed by atoms with E-state index in [2.05, 4.69) is 10.4 Å². The maximum absolute atomic E-state index is 12.3. The van der Waals surface area contributed by atoms with Gasteiger partial charge in [0.25, 0.3) is 5.91 Å². The van der Waals surface area contributed by atoms with Crippen LogP contribution >= 0.6 is 0 Å². The Labute approximate surface area is 131 Å². The van der Waals surface area contributed by atoms with Crippen LogP contribution < -0.4 is 5.32 Å². The van der Waals surface area contributed by atoms with Crippen LogP contribution in [0.4, 0.5) is 5.69 Å². The first-order valence-corrected chi connectivity index (χ1v) is 6.87. The number of carboxylic acids is 1. The summed E-state index contributed by atoms with van der Waals surface area (Å²) in [6.45, 7) is 0. The Morgan fingerprint density at radius 3 is 2.52 bits per heavy atom. The molecule has 23 heavy (non-hydrogen) atoms. The summed E-state index contributed by atoms with van der Waals surface area (Å²) in [5.74, 6) is -1.36. The van der Waals surface area contributed by atoms with Crippen molar-refractivity contribution in [2.45, 2.75) is 0 Å². The van der Waals surface area contributed by atoms with E-state index in [1.807, 2.05) is 0 Å². The third-order valence-corrected chi connectivity index (χ3v) is 3.38. The van der Waals surface area contributed by atoms with Crippen molar-refractivity contribution in [1.82, 2.24) is 14.3 Å². The minimum Gasteiger partial charge on any atom is -0.476 e. The fourth-order valence-electron chi connectivity index (χ4n) is 2.23. The molecule has 2 aromatic heterocycles. The number of nitrogens with one attached hydrogen (secondary N) is 1. The van der Waals surface area contributed by atoms with E-state index in [0.717, 1.165) is 0 Å². The van der Waals surface area contributed by atoms with Crippen LogP contribution in [0.1, 0.15) is 21.0 Å². The number of aromatic nitrogens is 3. The van der Waals surface area contributed by atoms with Crippen LogP contribution in [-0.2, 0) is 7.05 Å². The lowest BCUT2D eigenvalue weighted by Gasteiger charge is -2.11. The summed E-state index contributed by atoms with van der Waals surface area (Å²) in [6.07, 6.45) is 3.32. The van der Waals surface area contributed by atoms with E-state index in [0.29, 0.717) is 17.1 Å². The van der Waals surface area contributed by atoms with E-state index < -0.39 is 5.97 Å². The van der Waals surface area contributed by atoms with Crippen molar-refractivity contribution < 1.29 is 14.7 Å². The normalized spacial score (nSPS) is 10.5. The summed E-state index contributed by atoms with van der Waals surface area (Å²) in [5.41, 5.74) is 1.58. The number of para-hydroxylation sites is 2. The standard InChI is InChI=1S/C16H14N4O3/c1-19-9-4-7-14(19)15(21)17-11-5-2-3-6-13(11)20-10-8-12(18-20)16(22)23/h2-10H,1H3,(H,17,21)(H,22,23). The number of anilines is 1. The topological polar surface area (TPSA) is 89.2 Å². The number of amides is 1. The number of nitrogens with zero attached hydrogens (tertiary/aromatic N) is 3. The van der Waals surface area contributed by atoms with Gasteiger partial charge in [-0.3, -0.25) is 4.79 Å². The zero-order valence-corrected chi connectivity index (χ0v) is 12.3. The molecule has 116 valence electrons. The smallest absolute Gasteiger partial charge is 0.356 e. The Bertz CT molecular complexity index is 879. The Morgan fingerprint density at radius 2 is 1.87 bits per heavy atom. The predicted molar refractivity (Wildman–Crippen MR) is 83.9 cm³/mol. The van der Waals surface area contributed by atoms with Gasteiger partial charge in [0.1, 0.15) is 5.69 Å². The Kier molecular flexibility index (Phi) is 3.68. The molecule has 7 nitrogen and oxygen atoms in total. The van der Waals surface area contributed by atoms with E-state index in [9.17, 15) is 9.59 Å². The van der Waals surface area contributed by atoms with Crippen molar-refractivity contribution in [2.75, 3.05) is 5.32 Å². The molecule has 0 saturated heterocycles. The van der Waals surface area contributed by atoms with E-state index in [1.54, 1.807) is 54.2 Å². The molecule has 1 amide bonds. The zero-order chi connectivity index (χ0) is 16.4. The summed E-state index contributed by atoms with van der Waals surface area (Å²) in [7, 11) is 1.79. The van der Waals surface area contributed by atoms with E-state index in [1.165, 1.54) is 16.9 Å². The van der Waals surface area contributed by atoms with E-state index in [4.69, 9.17) is 5.11 Å². The fraction of sp³-hybridized carbons (Fsp3) is 0.0625. The molecule has 3 rings (SSSR count). The monoisotopic (exact) mass is 310 g/mol. The van der Waals surface area contributed by atoms with Gasteiger partial charge in [-0.1, -0.05) is 12.1 Å². The van der Waals surface area contributed by atoms with Crippen molar-refractivity contribution in [3.05, 3.63) is 66.2 Å². The van der Waals surface area contributed by atoms with Crippen LogP contribution in [0.15, 0.2) is 54.9 Å². The first-order chi connectivity index (χ1) is 11.1. The lowest BCUT2D eigenvalue weighted by Crippen LogP contribution is -2.16. The van der Waals surface area contributed by atoms with Crippen LogP contribution in [0.2, 0.25) is 0 Å². The third kappa shape index (κ3) is 2.84. The molecule has 0 aliphatic rings. The van der Waals surface area contributed by atoms with Gasteiger partial charge in [-0.25, -0.2) is 9.48 Å². The third-order valence-electron chi connectivity index (χ3n) is 3.38. The maximum Gasteiger partial charge on any atom is 0.356 e.